The van der Waals surface area contributed by atoms with E-state index in [2.05, 4.69) is 23.2 Å². The number of phenolic OH excluding ortho intramolecular Hbond substituents is 1. The van der Waals surface area contributed by atoms with Crippen LogP contribution in [0.3, 0.4) is 0 Å². The topological polar surface area (TPSA) is 62.8 Å². The van der Waals surface area contributed by atoms with Crippen LogP contribution in [0.5, 0.6) is 5.75 Å². The van der Waals surface area contributed by atoms with E-state index in [1.54, 1.807) is 0 Å². The smallest absolute Gasteiger partial charge is 0.115 e. The SMILES string of the molecule is Cc1nn(C)cc1/C=N\N=C1\CC[C@@H]2[C@@H]3CCc4cc(O)ccc4[C@@H]3CC[C@]12C. The lowest BCUT2D eigenvalue weighted by Crippen LogP contribution is -2.42. The number of rotatable bonds is 2. The molecule has 1 aromatic heterocycles. The monoisotopic (exact) mass is 390 g/mol. The molecule has 0 amide bonds. The van der Waals surface area contributed by atoms with Gasteiger partial charge in [0.25, 0.3) is 0 Å². The molecule has 0 spiro atoms. The molecular weight excluding hydrogens is 360 g/mol. The summed E-state index contributed by atoms with van der Waals surface area (Å²) < 4.78 is 1.82. The second-order valence-electron chi connectivity index (χ2n) is 9.43. The van der Waals surface area contributed by atoms with E-state index in [-0.39, 0.29) is 5.41 Å². The van der Waals surface area contributed by atoms with Crippen LogP contribution in [-0.4, -0.2) is 26.8 Å². The molecule has 5 nitrogen and oxygen atoms in total. The number of aryl methyl sites for hydroxylation is 3. The Morgan fingerprint density at radius 3 is 2.90 bits per heavy atom. The lowest BCUT2D eigenvalue weighted by atomic mass is 9.55. The molecule has 0 saturated heterocycles. The Bertz CT molecular complexity index is 1000. The van der Waals surface area contributed by atoms with E-state index in [0.717, 1.165) is 30.0 Å². The van der Waals surface area contributed by atoms with Gasteiger partial charge in [-0.15, -0.1) is 0 Å². The van der Waals surface area contributed by atoms with E-state index in [0.29, 0.717) is 17.6 Å². The van der Waals surface area contributed by atoms with Crippen LogP contribution in [0.25, 0.3) is 0 Å². The molecular formula is C24H30N4O. The predicted molar refractivity (Wildman–Crippen MR) is 116 cm³/mol. The molecule has 0 aliphatic heterocycles. The van der Waals surface area contributed by atoms with Gasteiger partial charge in [0.1, 0.15) is 5.75 Å². The van der Waals surface area contributed by atoms with Crippen LogP contribution in [0, 0.1) is 24.2 Å². The summed E-state index contributed by atoms with van der Waals surface area (Å²) in [5.74, 6) is 2.46. The molecule has 0 bridgehead atoms. The normalized spacial score (nSPS) is 32.4. The number of phenols is 1. The van der Waals surface area contributed by atoms with Gasteiger partial charge in [-0.05, 0) is 86.5 Å². The molecule has 3 aliphatic carbocycles. The van der Waals surface area contributed by atoms with E-state index in [1.165, 1.54) is 42.5 Å². The van der Waals surface area contributed by atoms with Gasteiger partial charge in [0.15, 0.2) is 0 Å². The Morgan fingerprint density at radius 2 is 2.10 bits per heavy atom. The Kier molecular flexibility index (Phi) is 4.37. The minimum absolute atomic E-state index is 0.177. The molecule has 0 unspecified atom stereocenters. The Balaban J connectivity index is 1.39. The zero-order valence-corrected chi connectivity index (χ0v) is 17.6. The summed E-state index contributed by atoms with van der Waals surface area (Å²) in [6.45, 7) is 4.43. The van der Waals surface area contributed by atoms with Gasteiger partial charge >= 0.3 is 0 Å². The first-order valence-electron chi connectivity index (χ1n) is 10.9. The highest BCUT2D eigenvalue weighted by Crippen LogP contribution is 2.60. The average Bonchev–Trinajstić information content (AvgIpc) is 3.19. The molecule has 2 saturated carbocycles. The summed E-state index contributed by atoms with van der Waals surface area (Å²) in [6.07, 6.45) is 10.8. The van der Waals surface area contributed by atoms with Crippen LogP contribution < -0.4 is 0 Å². The van der Waals surface area contributed by atoms with Crippen LogP contribution in [0.4, 0.5) is 0 Å². The molecule has 5 rings (SSSR count). The van der Waals surface area contributed by atoms with Crippen molar-refractivity contribution >= 4 is 11.9 Å². The third-order valence-corrected chi connectivity index (χ3v) is 7.88. The van der Waals surface area contributed by atoms with Gasteiger partial charge < -0.3 is 5.11 Å². The molecule has 1 heterocycles. The van der Waals surface area contributed by atoms with Crippen molar-refractivity contribution in [1.82, 2.24) is 9.78 Å². The molecule has 3 aliphatic rings. The third kappa shape index (κ3) is 3.02. The minimum atomic E-state index is 0.177. The predicted octanol–water partition coefficient (Wildman–Crippen LogP) is 4.77. The lowest BCUT2D eigenvalue weighted by Gasteiger charge is -2.49. The fraction of sp³-hybridized carbons (Fsp3) is 0.542. The maximum atomic E-state index is 9.86. The number of aromatic hydroxyl groups is 1. The van der Waals surface area contributed by atoms with Gasteiger partial charge in [0.2, 0.25) is 0 Å². The minimum Gasteiger partial charge on any atom is -0.508 e. The Morgan fingerprint density at radius 1 is 1.24 bits per heavy atom. The second kappa shape index (κ2) is 6.82. The maximum Gasteiger partial charge on any atom is 0.115 e. The summed E-state index contributed by atoms with van der Waals surface area (Å²) in [7, 11) is 1.93. The van der Waals surface area contributed by atoms with Crippen LogP contribution in [0.15, 0.2) is 34.6 Å². The quantitative estimate of drug-likeness (QED) is 0.593. The molecule has 0 radical (unpaired) electrons. The fourth-order valence-corrected chi connectivity index (χ4v) is 6.43. The van der Waals surface area contributed by atoms with Crippen LogP contribution in [-0.2, 0) is 13.5 Å². The highest BCUT2D eigenvalue weighted by Gasteiger charge is 2.53. The zero-order valence-electron chi connectivity index (χ0n) is 17.6. The van der Waals surface area contributed by atoms with Gasteiger partial charge in [-0.25, -0.2) is 0 Å². The van der Waals surface area contributed by atoms with Crippen molar-refractivity contribution in [3.63, 3.8) is 0 Å². The first kappa shape index (κ1) is 18.6. The summed E-state index contributed by atoms with van der Waals surface area (Å²) in [5.41, 5.74) is 6.33. The zero-order chi connectivity index (χ0) is 20.2. The summed E-state index contributed by atoms with van der Waals surface area (Å²) in [4.78, 5) is 0. The lowest BCUT2D eigenvalue weighted by molar-refractivity contribution is 0.0955. The van der Waals surface area contributed by atoms with E-state index >= 15 is 0 Å². The van der Waals surface area contributed by atoms with Gasteiger partial charge in [-0.2, -0.15) is 15.3 Å². The highest BCUT2D eigenvalue weighted by atomic mass is 16.3. The molecule has 2 fully saturated rings. The van der Waals surface area contributed by atoms with Gasteiger partial charge in [-0.1, -0.05) is 13.0 Å². The van der Waals surface area contributed by atoms with Crippen molar-refractivity contribution in [1.29, 1.82) is 0 Å². The molecule has 29 heavy (non-hydrogen) atoms. The van der Waals surface area contributed by atoms with E-state index in [4.69, 9.17) is 5.10 Å². The Labute approximate surface area is 172 Å². The molecule has 152 valence electrons. The summed E-state index contributed by atoms with van der Waals surface area (Å²) in [6, 6.07) is 6.02. The number of hydrogen-bond acceptors (Lipinski definition) is 4. The van der Waals surface area contributed by atoms with Crippen molar-refractivity contribution < 1.29 is 5.11 Å². The second-order valence-corrected chi connectivity index (χ2v) is 9.43. The first-order chi connectivity index (χ1) is 14.0. The summed E-state index contributed by atoms with van der Waals surface area (Å²) >= 11 is 0. The van der Waals surface area contributed by atoms with Crippen molar-refractivity contribution in [2.24, 2.45) is 34.5 Å². The van der Waals surface area contributed by atoms with Gasteiger partial charge in [0, 0.05) is 29.9 Å². The number of fused-ring (bicyclic) bond motifs is 5. The van der Waals surface area contributed by atoms with Crippen molar-refractivity contribution in [3.8, 4) is 5.75 Å². The molecule has 4 atom stereocenters. The largest absolute Gasteiger partial charge is 0.508 e. The number of hydrogen-bond donors (Lipinski definition) is 1. The molecule has 5 heteroatoms. The fourth-order valence-electron chi connectivity index (χ4n) is 6.43. The van der Waals surface area contributed by atoms with E-state index in [1.807, 2.05) is 43.2 Å². The number of benzene rings is 1. The molecule has 1 aromatic carbocycles. The van der Waals surface area contributed by atoms with Crippen molar-refractivity contribution in [3.05, 3.63) is 46.8 Å². The van der Waals surface area contributed by atoms with Crippen LogP contribution in [0.1, 0.15) is 67.3 Å². The third-order valence-electron chi connectivity index (χ3n) is 7.88. The van der Waals surface area contributed by atoms with Crippen molar-refractivity contribution in [2.75, 3.05) is 0 Å². The van der Waals surface area contributed by atoms with E-state index < -0.39 is 0 Å². The van der Waals surface area contributed by atoms with Gasteiger partial charge in [-0.3, -0.25) is 4.68 Å². The van der Waals surface area contributed by atoms with Gasteiger partial charge in [0.05, 0.1) is 11.9 Å². The van der Waals surface area contributed by atoms with Crippen LogP contribution in [0.2, 0.25) is 0 Å². The van der Waals surface area contributed by atoms with E-state index in [9.17, 15) is 5.11 Å². The summed E-state index contributed by atoms with van der Waals surface area (Å²) in [5, 5.41) is 23.4. The van der Waals surface area contributed by atoms with Crippen LogP contribution >= 0.6 is 0 Å². The highest BCUT2D eigenvalue weighted by molar-refractivity contribution is 5.93. The molecule has 2 aromatic rings. The first-order valence-corrected chi connectivity index (χ1v) is 10.9. The average molecular weight is 391 g/mol. The molecule has 1 N–H and O–H groups in total. The number of nitrogens with zero attached hydrogens (tertiary/aromatic N) is 4. The standard InChI is InChI=1S/C24H30N4O/c1-15-17(14-28(3)27-15)13-25-26-23-9-8-22-21-6-4-16-12-18(29)5-7-19(16)20(21)10-11-24(22,23)2/h5,7,12-14,20-22,29H,4,6,8-11H2,1-3H3/b25-13-,26-23-/t20-,21+,22+,24-/m0/s1. The van der Waals surface area contributed by atoms with Crippen molar-refractivity contribution in [2.45, 2.75) is 58.3 Å². The Hall–Kier alpha value is -2.43. The maximum absolute atomic E-state index is 9.86. The number of aromatic nitrogens is 2.